The molecular weight excluding hydrogens is 156 g/mol. The third-order valence-corrected chi connectivity index (χ3v) is 1.52. The molecule has 0 atom stereocenters. The van der Waals surface area contributed by atoms with E-state index in [1.54, 1.807) is 6.92 Å². The molecule has 0 aromatic rings. The minimum absolute atomic E-state index is 0.204. The Morgan fingerprint density at radius 3 is 2.33 bits per heavy atom. The lowest BCUT2D eigenvalue weighted by Crippen LogP contribution is -2.41. The van der Waals surface area contributed by atoms with E-state index < -0.39 is 0 Å². The van der Waals surface area contributed by atoms with Crippen LogP contribution in [0.1, 0.15) is 20.8 Å². The predicted molar refractivity (Wildman–Crippen MR) is 47.6 cm³/mol. The number of hydrogen-bond acceptors (Lipinski definition) is 4. The van der Waals surface area contributed by atoms with Crippen LogP contribution in [0.15, 0.2) is 0 Å². The van der Waals surface area contributed by atoms with Gasteiger partial charge >= 0.3 is 5.97 Å². The molecule has 0 aliphatic rings. The van der Waals surface area contributed by atoms with Crippen LogP contribution in [0.3, 0.4) is 0 Å². The average molecular weight is 174 g/mol. The second kappa shape index (κ2) is 7.06. The van der Waals surface area contributed by atoms with E-state index in [4.69, 9.17) is 4.74 Å². The van der Waals surface area contributed by atoms with Crippen molar-refractivity contribution in [2.24, 2.45) is 0 Å². The monoisotopic (exact) mass is 174 g/mol. The fraction of sp³-hybridized carbons (Fsp3) is 0.875. The van der Waals surface area contributed by atoms with Gasteiger partial charge in [0.15, 0.2) is 0 Å². The molecule has 1 N–H and O–H groups in total. The molecule has 0 amide bonds. The van der Waals surface area contributed by atoms with Crippen LogP contribution in [0.25, 0.3) is 0 Å². The SMILES string of the molecule is CCOC(=O)CNN(CC)CC. The second-order valence-corrected chi connectivity index (χ2v) is 2.31. The van der Waals surface area contributed by atoms with Gasteiger partial charge in [-0.2, -0.15) is 0 Å². The summed E-state index contributed by atoms with van der Waals surface area (Å²) in [5.41, 5.74) is 2.96. The molecule has 0 radical (unpaired) electrons. The number of esters is 1. The lowest BCUT2D eigenvalue weighted by Gasteiger charge is -2.18. The number of hydrogen-bond donors (Lipinski definition) is 1. The van der Waals surface area contributed by atoms with Gasteiger partial charge in [0.25, 0.3) is 0 Å². The fourth-order valence-electron chi connectivity index (χ4n) is 0.836. The van der Waals surface area contributed by atoms with Crippen molar-refractivity contribution in [3.8, 4) is 0 Å². The van der Waals surface area contributed by atoms with Crippen LogP contribution >= 0.6 is 0 Å². The van der Waals surface area contributed by atoms with Crippen molar-refractivity contribution in [3.05, 3.63) is 0 Å². The van der Waals surface area contributed by atoms with Crippen molar-refractivity contribution >= 4 is 5.97 Å². The van der Waals surface area contributed by atoms with E-state index >= 15 is 0 Å². The zero-order valence-electron chi connectivity index (χ0n) is 8.09. The summed E-state index contributed by atoms with van der Waals surface area (Å²) >= 11 is 0. The fourth-order valence-corrected chi connectivity index (χ4v) is 0.836. The van der Waals surface area contributed by atoms with Crippen LogP contribution in [-0.4, -0.2) is 37.2 Å². The van der Waals surface area contributed by atoms with Crippen LogP contribution in [0, 0.1) is 0 Å². The molecule has 0 saturated heterocycles. The van der Waals surface area contributed by atoms with Gasteiger partial charge in [-0.1, -0.05) is 13.8 Å². The maximum absolute atomic E-state index is 10.9. The summed E-state index contributed by atoms with van der Waals surface area (Å²) in [6.45, 7) is 8.33. The first-order chi connectivity index (χ1) is 5.74. The normalized spacial score (nSPS) is 10.3. The first-order valence-corrected chi connectivity index (χ1v) is 4.38. The topological polar surface area (TPSA) is 41.6 Å². The Hall–Kier alpha value is -0.610. The second-order valence-electron chi connectivity index (χ2n) is 2.31. The Morgan fingerprint density at radius 1 is 1.33 bits per heavy atom. The molecule has 0 aliphatic carbocycles. The van der Waals surface area contributed by atoms with Crippen molar-refractivity contribution in [1.29, 1.82) is 0 Å². The van der Waals surface area contributed by atoms with Crippen LogP contribution < -0.4 is 5.43 Å². The summed E-state index contributed by atoms with van der Waals surface area (Å²) in [6, 6.07) is 0. The van der Waals surface area contributed by atoms with Crippen molar-refractivity contribution in [3.63, 3.8) is 0 Å². The average Bonchev–Trinajstić information content (AvgIpc) is 2.07. The Balaban J connectivity index is 3.44. The van der Waals surface area contributed by atoms with E-state index in [1.165, 1.54) is 0 Å². The molecule has 0 unspecified atom stereocenters. The maximum atomic E-state index is 10.9. The Morgan fingerprint density at radius 2 is 1.92 bits per heavy atom. The highest BCUT2D eigenvalue weighted by Gasteiger charge is 2.03. The van der Waals surface area contributed by atoms with Gasteiger partial charge in [-0.3, -0.25) is 4.79 Å². The molecule has 0 rings (SSSR count). The van der Waals surface area contributed by atoms with Crippen LogP contribution in [0.2, 0.25) is 0 Å². The van der Waals surface area contributed by atoms with Gasteiger partial charge in [0.05, 0.1) is 6.61 Å². The third-order valence-electron chi connectivity index (χ3n) is 1.52. The first-order valence-electron chi connectivity index (χ1n) is 4.38. The van der Waals surface area contributed by atoms with Gasteiger partial charge in [0.1, 0.15) is 6.54 Å². The molecule has 0 aromatic carbocycles. The number of ether oxygens (including phenoxy) is 1. The number of carbonyl (C=O) groups is 1. The van der Waals surface area contributed by atoms with Gasteiger partial charge in [0, 0.05) is 13.1 Å². The molecule has 0 fully saturated rings. The zero-order valence-corrected chi connectivity index (χ0v) is 8.09. The smallest absolute Gasteiger partial charge is 0.321 e. The van der Waals surface area contributed by atoms with Gasteiger partial charge < -0.3 is 4.74 Å². The summed E-state index contributed by atoms with van der Waals surface area (Å²) in [4.78, 5) is 10.9. The summed E-state index contributed by atoms with van der Waals surface area (Å²) in [7, 11) is 0. The van der Waals surface area contributed by atoms with E-state index in [-0.39, 0.29) is 12.5 Å². The van der Waals surface area contributed by atoms with Crippen molar-refractivity contribution in [2.75, 3.05) is 26.2 Å². The number of hydrazine groups is 1. The third kappa shape index (κ3) is 5.09. The molecule has 0 spiro atoms. The molecule has 0 aromatic heterocycles. The van der Waals surface area contributed by atoms with Crippen molar-refractivity contribution < 1.29 is 9.53 Å². The minimum Gasteiger partial charge on any atom is -0.465 e. The van der Waals surface area contributed by atoms with Crippen LogP contribution in [-0.2, 0) is 9.53 Å². The molecule has 0 bridgehead atoms. The minimum atomic E-state index is -0.204. The molecule has 12 heavy (non-hydrogen) atoms. The molecular formula is C8H18N2O2. The summed E-state index contributed by atoms with van der Waals surface area (Å²) in [6.07, 6.45) is 0. The van der Waals surface area contributed by atoms with Crippen LogP contribution in [0.4, 0.5) is 0 Å². The van der Waals surface area contributed by atoms with Gasteiger partial charge in [-0.05, 0) is 6.92 Å². The predicted octanol–water partition coefficient (Wildman–Crippen LogP) is 0.396. The first kappa shape index (κ1) is 11.4. The molecule has 0 aliphatic heterocycles. The summed E-state index contributed by atoms with van der Waals surface area (Å²) in [5, 5.41) is 1.96. The summed E-state index contributed by atoms with van der Waals surface area (Å²) < 4.78 is 4.75. The molecule has 0 saturated carbocycles. The Bertz CT molecular complexity index is 124. The standard InChI is InChI=1S/C8H18N2O2/c1-4-10(5-2)9-7-8(11)12-6-3/h9H,4-7H2,1-3H3. The van der Waals surface area contributed by atoms with Gasteiger partial charge in [-0.15, -0.1) is 0 Å². The number of nitrogens with one attached hydrogen (secondary N) is 1. The number of nitrogens with zero attached hydrogens (tertiary/aromatic N) is 1. The van der Waals surface area contributed by atoms with Gasteiger partial charge in [-0.25, -0.2) is 10.4 Å². The Labute approximate surface area is 73.8 Å². The van der Waals surface area contributed by atoms with E-state index in [9.17, 15) is 4.79 Å². The van der Waals surface area contributed by atoms with Crippen LogP contribution in [0.5, 0.6) is 0 Å². The Kier molecular flexibility index (Phi) is 6.70. The van der Waals surface area contributed by atoms with Crippen molar-refractivity contribution in [2.45, 2.75) is 20.8 Å². The largest absolute Gasteiger partial charge is 0.465 e. The lowest BCUT2D eigenvalue weighted by atomic mass is 10.6. The molecule has 4 nitrogen and oxygen atoms in total. The highest BCUT2D eigenvalue weighted by Crippen LogP contribution is 1.81. The highest BCUT2D eigenvalue weighted by molar-refractivity contribution is 5.71. The maximum Gasteiger partial charge on any atom is 0.321 e. The zero-order chi connectivity index (χ0) is 9.40. The summed E-state index contributed by atoms with van der Waals surface area (Å²) in [5.74, 6) is -0.204. The number of rotatable bonds is 6. The van der Waals surface area contributed by atoms with E-state index in [2.05, 4.69) is 5.43 Å². The van der Waals surface area contributed by atoms with Gasteiger partial charge in [0.2, 0.25) is 0 Å². The van der Waals surface area contributed by atoms with Crippen molar-refractivity contribution in [1.82, 2.24) is 10.4 Å². The quantitative estimate of drug-likeness (QED) is 0.467. The highest BCUT2D eigenvalue weighted by atomic mass is 16.5. The van der Waals surface area contributed by atoms with E-state index in [0.717, 1.165) is 13.1 Å². The van der Waals surface area contributed by atoms with E-state index in [1.807, 2.05) is 18.9 Å². The molecule has 72 valence electrons. The lowest BCUT2D eigenvalue weighted by molar-refractivity contribution is -0.143. The van der Waals surface area contributed by atoms with E-state index in [0.29, 0.717) is 6.61 Å². The molecule has 4 heteroatoms. The number of carbonyl (C=O) groups excluding carboxylic acids is 1. The molecule has 0 heterocycles.